The third-order valence-electron chi connectivity index (χ3n) is 3.56. The van der Waals surface area contributed by atoms with E-state index in [0.717, 1.165) is 11.3 Å². The first-order valence-corrected chi connectivity index (χ1v) is 7.96. The number of hydrogen-bond acceptors (Lipinski definition) is 5. The lowest BCUT2D eigenvalue weighted by Gasteiger charge is -2.35. The Morgan fingerprint density at radius 1 is 1.50 bits per heavy atom. The maximum absolute atomic E-state index is 12.1. The van der Waals surface area contributed by atoms with Crippen molar-refractivity contribution in [2.45, 2.75) is 6.92 Å². The molecular formula is C15H15ClN2O3S. The summed E-state index contributed by atoms with van der Waals surface area (Å²) in [5.41, 5.74) is 1.19. The Bertz CT molecular complexity index is 713. The number of hydrogen-bond donors (Lipinski definition) is 1. The van der Waals surface area contributed by atoms with Crippen LogP contribution in [-0.2, 0) is 9.53 Å². The molecule has 1 aliphatic rings. The Hall–Kier alpha value is -1.63. The minimum Gasteiger partial charge on any atom is -0.495 e. The second-order valence-corrected chi connectivity index (χ2v) is 6.66. The Labute approximate surface area is 137 Å². The van der Waals surface area contributed by atoms with Crippen LogP contribution in [0, 0.1) is 5.41 Å². The van der Waals surface area contributed by atoms with Crippen molar-refractivity contribution in [2.24, 2.45) is 5.41 Å². The van der Waals surface area contributed by atoms with Crippen LogP contribution in [0.15, 0.2) is 23.6 Å². The van der Waals surface area contributed by atoms with Gasteiger partial charge in [0.15, 0.2) is 5.13 Å². The SMILES string of the molecule is COc1ccc(-c2csc(NC(=O)C3(C)COC3)n2)cc1Cl. The average molecular weight is 339 g/mol. The average Bonchev–Trinajstić information content (AvgIpc) is 2.93. The molecule has 1 aromatic carbocycles. The Morgan fingerprint density at radius 3 is 2.86 bits per heavy atom. The monoisotopic (exact) mass is 338 g/mol. The first-order valence-electron chi connectivity index (χ1n) is 6.70. The van der Waals surface area contributed by atoms with Gasteiger partial charge >= 0.3 is 0 Å². The maximum atomic E-state index is 12.1. The van der Waals surface area contributed by atoms with Gasteiger partial charge in [-0.1, -0.05) is 11.6 Å². The van der Waals surface area contributed by atoms with Gasteiger partial charge in [0.2, 0.25) is 5.91 Å². The predicted octanol–water partition coefficient (Wildman–Crippen LogP) is 3.45. The van der Waals surface area contributed by atoms with Crippen molar-refractivity contribution < 1.29 is 14.3 Å². The van der Waals surface area contributed by atoms with Gasteiger partial charge in [0.1, 0.15) is 5.75 Å². The molecule has 1 N–H and O–H groups in total. The minimum absolute atomic E-state index is 0.0626. The van der Waals surface area contributed by atoms with E-state index >= 15 is 0 Å². The molecule has 1 aromatic heterocycles. The number of aromatic nitrogens is 1. The van der Waals surface area contributed by atoms with Crippen molar-refractivity contribution in [1.29, 1.82) is 0 Å². The first-order chi connectivity index (χ1) is 10.5. The summed E-state index contributed by atoms with van der Waals surface area (Å²) in [4.78, 5) is 16.6. The molecule has 0 atom stereocenters. The van der Waals surface area contributed by atoms with Crippen molar-refractivity contribution in [3.8, 4) is 17.0 Å². The molecule has 1 fully saturated rings. The fraction of sp³-hybridized carbons (Fsp3) is 0.333. The van der Waals surface area contributed by atoms with Crippen molar-refractivity contribution >= 4 is 34.0 Å². The number of ether oxygens (including phenoxy) is 2. The third kappa shape index (κ3) is 2.82. The van der Waals surface area contributed by atoms with Gasteiger partial charge in [0.25, 0.3) is 0 Å². The van der Waals surface area contributed by atoms with Crippen LogP contribution in [0.3, 0.4) is 0 Å². The highest BCUT2D eigenvalue weighted by Crippen LogP contribution is 2.33. The number of benzene rings is 1. The van der Waals surface area contributed by atoms with Crippen molar-refractivity contribution in [1.82, 2.24) is 4.98 Å². The molecule has 1 amide bonds. The second-order valence-electron chi connectivity index (χ2n) is 5.39. The number of carbonyl (C=O) groups is 1. The van der Waals surface area contributed by atoms with Gasteiger partial charge in [-0.05, 0) is 25.1 Å². The molecule has 5 nitrogen and oxygen atoms in total. The van der Waals surface area contributed by atoms with E-state index < -0.39 is 5.41 Å². The summed E-state index contributed by atoms with van der Waals surface area (Å²) in [6.45, 7) is 2.78. The molecule has 2 heterocycles. The molecule has 0 spiro atoms. The van der Waals surface area contributed by atoms with Crippen LogP contribution >= 0.6 is 22.9 Å². The van der Waals surface area contributed by atoms with Crippen LogP contribution in [0.5, 0.6) is 5.75 Å². The number of nitrogens with zero attached hydrogens (tertiary/aromatic N) is 1. The van der Waals surface area contributed by atoms with E-state index in [2.05, 4.69) is 10.3 Å². The minimum atomic E-state index is -0.449. The lowest BCUT2D eigenvalue weighted by Crippen LogP contribution is -2.49. The van der Waals surface area contributed by atoms with Gasteiger partial charge in [-0.15, -0.1) is 11.3 Å². The number of rotatable bonds is 4. The fourth-order valence-electron chi connectivity index (χ4n) is 2.08. The zero-order valence-electron chi connectivity index (χ0n) is 12.2. The normalized spacial score (nSPS) is 16.0. The van der Waals surface area contributed by atoms with Gasteiger partial charge < -0.3 is 14.8 Å². The number of halogens is 1. The zero-order chi connectivity index (χ0) is 15.7. The van der Waals surface area contributed by atoms with E-state index in [9.17, 15) is 4.79 Å². The number of thiazole rings is 1. The highest BCUT2D eigenvalue weighted by molar-refractivity contribution is 7.14. The first kappa shape index (κ1) is 15.3. The Kier molecular flexibility index (Phi) is 4.08. The third-order valence-corrected chi connectivity index (χ3v) is 4.61. The maximum Gasteiger partial charge on any atom is 0.236 e. The molecule has 22 heavy (non-hydrogen) atoms. The molecule has 1 saturated heterocycles. The molecule has 0 aliphatic carbocycles. The van der Waals surface area contributed by atoms with E-state index in [1.54, 1.807) is 19.2 Å². The molecule has 3 rings (SSSR count). The van der Waals surface area contributed by atoms with Crippen LogP contribution in [0.25, 0.3) is 11.3 Å². The molecule has 7 heteroatoms. The molecule has 0 radical (unpaired) electrons. The van der Waals surface area contributed by atoms with Gasteiger partial charge in [-0.25, -0.2) is 4.98 Å². The van der Waals surface area contributed by atoms with E-state index in [-0.39, 0.29) is 5.91 Å². The van der Waals surface area contributed by atoms with Gasteiger partial charge in [-0.3, -0.25) is 4.79 Å². The van der Waals surface area contributed by atoms with Crippen molar-refractivity contribution in [3.63, 3.8) is 0 Å². The number of carbonyl (C=O) groups excluding carboxylic acids is 1. The van der Waals surface area contributed by atoms with Crippen molar-refractivity contribution in [2.75, 3.05) is 25.6 Å². The van der Waals surface area contributed by atoms with E-state index in [1.165, 1.54) is 11.3 Å². The Morgan fingerprint density at radius 2 is 2.27 bits per heavy atom. The summed E-state index contributed by atoms with van der Waals surface area (Å²) in [6, 6.07) is 5.47. The van der Waals surface area contributed by atoms with Gasteiger partial charge in [-0.2, -0.15) is 0 Å². The summed E-state index contributed by atoms with van der Waals surface area (Å²) in [5.74, 6) is 0.555. The van der Waals surface area contributed by atoms with Crippen LogP contribution in [-0.4, -0.2) is 31.2 Å². The van der Waals surface area contributed by atoms with Gasteiger partial charge in [0.05, 0.1) is 36.5 Å². The quantitative estimate of drug-likeness (QED) is 0.927. The molecule has 0 bridgehead atoms. The zero-order valence-corrected chi connectivity index (χ0v) is 13.8. The largest absolute Gasteiger partial charge is 0.495 e. The van der Waals surface area contributed by atoms with E-state index in [1.807, 2.05) is 18.4 Å². The van der Waals surface area contributed by atoms with Crippen LogP contribution in [0.1, 0.15) is 6.92 Å². The van der Waals surface area contributed by atoms with E-state index in [4.69, 9.17) is 21.1 Å². The topological polar surface area (TPSA) is 60.5 Å². The smallest absolute Gasteiger partial charge is 0.236 e. The molecule has 116 valence electrons. The van der Waals surface area contributed by atoms with Crippen LogP contribution in [0.2, 0.25) is 5.02 Å². The lowest BCUT2D eigenvalue weighted by molar-refractivity contribution is -0.151. The highest BCUT2D eigenvalue weighted by atomic mass is 35.5. The van der Waals surface area contributed by atoms with Gasteiger partial charge in [0, 0.05) is 10.9 Å². The molecule has 1 aliphatic heterocycles. The number of nitrogens with one attached hydrogen (secondary N) is 1. The predicted molar refractivity (Wildman–Crippen MR) is 86.7 cm³/mol. The number of amides is 1. The summed E-state index contributed by atoms with van der Waals surface area (Å²) in [6.07, 6.45) is 0. The molecule has 0 saturated carbocycles. The summed E-state index contributed by atoms with van der Waals surface area (Å²) < 4.78 is 10.2. The van der Waals surface area contributed by atoms with E-state index in [0.29, 0.717) is 29.1 Å². The van der Waals surface area contributed by atoms with Crippen LogP contribution in [0.4, 0.5) is 5.13 Å². The summed E-state index contributed by atoms with van der Waals surface area (Å²) in [5, 5.41) is 5.82. The standard InChI is InChI=1S/C15H15ClN2O3S/c1-15(7-21-8-15)13(19)18-14-17-11(6-22-14)9-3-4-12(20-2)10(16)5-9/h3-6H,7-8H2,1-2H3,(H,17,18,19). The van der Waals surface area contributed by atoms with Crippen molar-refractivity contribution in [3.05, 3.63) is 28.6 Å². The summed E-state index contributed by atoms with van der Waals surface area (Å²) in [7, 11) is 1.57. The molecule has 0 unspecified atom stereocenters. The highest BCUT2D eigenvalue weighted by Gasteiger charge is 2.41. The second kappa shape index (κ2) is 5.87. The molecular weight excluding hydrogens is 324 g/mol. The Balaban J connectivity index is 1.76. The van der Waals surface area contributed by atoms with Crippen LogP contribution < -0.4 is 10.1 Å². The fourth-order valence-corrected chi connectivity index (χ4v) is 3.05. The number of anilines is 1. The summed E-state index contributed by atoms with van der Waals surface area (Å²) >= 11 is 7.50. The lowest BCUT2D eigenvalue weighted by atomic mass is 9.88. The molecule has 2 aromatic rings. The number of methoxy groups -OCH3 is 1.